The lowest BCUT2D eigenvalue weighted by atomic mass is 9.84. The van der Waals surface area contributed by atoms with Crippen molar-refractivity contribution in [3.8, 4) is 22.5 Å². The summed E-state index contributed by atoms with van der Waals surface area (Å²) >= 11 is 0. The number of aromatic nitrogens is 4. The molecule has 0 spiro atoms. The van der Waals surface area contributed by atoms with Crippen molar-refractivity contribution in [3.63, 3.8) is 0 Å². The maximum absolute atomic E-state index is 4.49. The summed E-state index contributed by atoms with van der Waals surface area (Å²) in [5.74, 6) is 0. The Morgan fingerprint density at radius 2 is 1.71 bits per heavy atom. The zero-order valence-electron chi connectivity index (χ0n) is 21.9. The quantitative estimate of drug-likeness (QED) is 0.363. The van der Waals surface area contributed by atoms with E-state index >= 15 is 0 Å². The molecule has 5 heteroatoms. The zero-order valence-corrected chi connectivity index (χ0v) is 21.9. The van der Waals surface area contributed by atoms with Crippen LogP contribution >= 0.6 is 0 Å². The van der Waals surface area contributed by atoms with Crippen LogP contribution in [-0.2, 0) is 25.9 Å². The lowest BCUT2D eigenvalue weighted by Gasteiger charge is -2.23. The van der Waals surface area contributed by atoms with Gasteiger partial charge in [-0.3, -0.25) is 4.99 Å². The molecule has 38 heavy (non-hydrogen) atoms. The SMILES string of the molecule is CC1=C(/C=C/c2cc(/C=C/c3nc[nH]c3C)[n+]3c(c2)-c2c(ccc4c2-c2cccc[n+]2CC4)CC3)CC=N1. The van der Waals surface area contributed by atoms with Gasteiger partial charge in [0, 0.05) is 67.2 Å². The number of aromatic amines is 1. The van der Waals surface area contributed by atoms with Crippen molar-refractivity contribution in [3.05, 3.63) is 106 Å². The highest BCUT2D eigenvalue weighted by Gasteiger charge is 2.34. The van der Waals surface area contributed by atoms with Gasteiger partial charge in [0.2, 0.25) is 17.1 Å². The first-order valence-corrected chi connectivity index (χ1v) is 13.5. The number of benzene rings is 1. The minimum atomic E-state index is 0.900. The molecule has 5 nitrogen and oxygen atoms in total. The van der Waals surface area contributed by atoms with E-state index in [1.165, 1.54) is 50.5 Å². The zero-order chi connectivity index (χ0) is 25.6. The van der Waals surface area contributed by atoms with Crippen LogP contribution < -0.4 is 9.13 Å². The van der Waals surface area contributed by atoms with E-state index in [9.17, 15) is 0 Å². The Kier molecular flexibility index (Phi) is 5.50. The third-order valence-electron chi connectivity index (χ3n) is 8.10. The van der Waals surface area contributed by atoms with Gasteiger partial charge in [0.1, 0.15) is 0 Å². The van der Waals surface area contributed by atoms with Crippen molar-refractivity contribution >= 4 is 24.4 Å². The van der Waals surface area contributed by atoms with E-state index in [4.69, 9.17) is 0 Å². The first-order valence-electron chi connectivity index (χ1n) is 13.5. The number of nitrogens with zero attached hydrogens (tertiary/aromatic N) is 4. The Balaban J connectivity index is 1.43. The fourth-order valence-electron chi connectivity index (χ4n) is 6.02. The molecular weight excluding hydrogens is 466 g/mol. The van der Waals surface area contributed by atoms with E-state index in [1.807, 2.05) is 6.21 Å². The van der Waals surface area contributed by atoms with Gasteiger partial charge in [0.05, 0.1) is 23.1 Å². The first-order chi connectivity index (χ1) is 18.7. The van der Waals surface area contributed by atoms with Crippen molar-refractivity contribution in [2.45, 2.75) is 46.2 Å². The molecule has 4 aromatic rings. The molecule has 7 rings (SSSR count). The molecule has 0 unspecified atom stereocenters. The second-order valence-corrected chi connectivity index (χ2v) is 10.4. The smallest absolute Gasteiger partial charge is 0.214 e. The van der Waals surface area contributed by atoms with Gasteiger partial charge in [-0.15, -0.1) is 0 Å². The van der Waals surface area contributed by atoms with Crippen molar-refractivity contribution < 1.29 is 9.13 Å². The molecule has 0 atom stereocenters. The number of aliphatic imine (C=N–C) groups is 1. The molecule has 1 aromatic carbocycles. The average molecular weight is 498 g/mol. The summed E-state index contributed by atoms with van der Waals surface area (Å²) in [5.41, 5.74) is 15.1. The number of aryl methyl sites for hydroxylation is 4. The Hall–Kier alpha value is -4.38. The number of rotatable bonds is 4. The molecule has 6 heterocycles. The highest BCUT2D eigenvalue weighted by Crippen LogP contribution is 2.39. The second kappa shape index (κ2) is 9.18. The number of fused-ring (bicyclic) bond motifs is 7. The topological polar surface area (TPSA) is 48.8 Å². The van der Waals surface area contributed by atoms with Crippen LogP contribution in [0.25, 0.3) is 40.7 Å². The van der Waals surface area contributed by atoms with Crippen molar-refractivity contribution in [2.24, 2.45) is 4.99 Å². The Morgan fingerprint density at radius 3 is 2.50 bits per heavy atom. The van der Waals surface area contributed by atoms with Crippen LogP contribution in [0.4, 0.5) is 0 Å². The van der Waals surface area contributed by atoms with Gasteiger partial charge in [-0.1, -0.05) is 24.3 Å². The molecule has 3 aliphatic rings. The fourth-order valence-corrected chi connectivity index (χ4v) is 6.02. The highest BCUT2D eigenvalue weighted by atomic mass is 15.0. The van der Waals surface area contributed by atoms with Crippen LogP contribution in [0.2, 0.25) is 0 Å². The molecule has 3 aromatic heterocycles. The molecule has 1 N–H and O–H groups in total. The fraction of sp³-hybridized carbons (Fsp3) is 0.212. The molecule has 0 amide bonds. The van der Waals surface area contributed by atoms with Crippen molar-refractivity contribution in [2.75, 3.05) is 0 Å². The maximum atomic E-state index is 4.49. The predicted octanol–water partition coefficient (Wildman–Crippen LogP) is 5.67. The van der Waals surface area contributed by atoms with Crippen LogP contribution in [0.5, 0.6) is 0 Å². The van der Waals surface area contributed by atoms with Gasteiger partial charge in [-0.2, -0.15) is 9.13 Å². The lowest BCUT2D eigenvalue weighted by molar-refractivity contribution is -0.690. The third kappa shape index (κ3) is 3.86. The number of imidazole rings is 1. The maximum Gasteiger partial charge on any atom is 0.214 e. The van der Waals surface area contributed by atoms with E-state index in [0.29, 0.717) is 0 Å². The molecule has 0 fully saturated rings. The number of hydrogen-bond acceptors (Lipinski definition) is 2. The lowest BCUT2D eigenvalue weighted by Crippen LogP contribution is -2.45. The molecule has 0 saturated heterocycles. The number of H-pyrrole nitrogens is 1. The van der Waals surface area contributed by atoms with Gasteiger partial charge >= 0.3 is 0 Å². The van der Waals surface area contributed by atoms with Crippen molar-refractivity contribution in [1.82, 2.24) is 9.97 Å². The Bertz CT molecular complexity index is 1710. The van der Waals surface area contributed by atoms with Gasteiger partial charge in [0.25, 0.3) is 0 Å². The van der Waals surface area contributed by atoms with Crippen LogP contribution in [0.15, 0.2) is 77.3 Å². The highest BCUT2D eigenvalue weighted by molar-refractivity contribution is 5.85. The third-order valence-corrected chi connectivity index (χ3v) is 8.10. The molecule has 186 valence electrons. The molecular formula is C33H31N5+2. The standard InChI is InChI=1S/C33H30N5/c1-22-25(12-15-34-22)7-6-24-19-28(10-11-29-23(2)35-21-36-29)38-18-14-27-9-8-26-13-17-37-16-4-3-5-30(37)32(26)33(27)31(38)20-24/h3-11,15-16,19-21H,12-14,17-18H2,1-2H3/q+1/p+1/b7-6+. The summed E-state index contributed by atoms with van der Waals surface area (Å²) in [6, 6.07) is 16.0. The Labute approximate surface area is 223 Å². The largest absolute Gasteiger partial charge is 0.348 e. The summed E-state index contributed by atoms with van der Waals surface area (Å²) in [4.78, 5) is 12.1. The average Bonchev–Trinajstić information content (AvgIpc) is 3.56. The number of allylic oxidation sites excluding steroid dienone is 3. The number of nitrogens with one attached hydrogen (secondary N) is 1. The molecule has 0 radical (unpaired) electrons. The van der Waals surface area contributed by atoms with E-state index < -0.39 is 0 Å². The van der Waals surface area contributed by atoms with Gasteiger partial charge in [-0.25, -0.2) is 4.98 Å². The first kappa shape index (κ1) is 22.8. The van der Waals surface area contributed by atoms with Gasteiger partial charge in [-0.05, 0) is 48.3 Å². The number of hydrogen-bond donors (Lipinski definition) is 1. The summed E-state index contributed by atoms with van der Waals surface area (Å²) in [5, 5.41) is 0. The van der Waals surface area contributed by atoms with Gasteiger partial charge < -0.3 is 4.98 Å². The minimum Gasteiger partial charge on any atom is -0.348 e. The Morgan fingerprint density at radius 1 is 0.868 bits per heavy atom. The van der Waals surface area contributed by atoms with Crippen LogP contribution in [-0.4, -0.2) is 16.2 Å². The second-order valence-electron chi connectivity index (χ2n) is 10.4. The van der Waals surface area contributed by atoms with Crippen LogP contribution in [0.1, 0.15) is 47.1 Å². The monoisotopic (exact) mass is 497 g/mol. The molecule has 0 bridgehead atoms. The van der Waals surface area contributed by atoms with Crippen LogP contribution in [0, 0.1) is 6.92 Å². The summed E-state index contributed by atoms with van der Waals surface area (Å²) in [6.07, 6.45) is 17.8. The minimum absolute atomic E-state index is 0.900. The van der Waals surface area contributed by atoms with Crippen LogP contribution in [0.3, 0.4) is 0 Å². The van der Waals surface area contributed by atoms with Crippen molar-refractivity contribution in [1.29, 1.82) is 0 Å². The summed E-state index contributed by atoms with van der Waals surface area (Å²) in [7, 11) is 0. The molecule has 0 saturated carbocycles. The normalized spacial score (nSPS) is 15.7. The van der Waals surface area contributed by atoms with Gasteiger partial charge in [0.15, 0.2) is 19.3 Å². The van der Waals surface area contributed by atoms with E-state index in [2.05, 4.69) is 111 Å². The predicted molar refractivity (Wildman–Crippen MR) is 152 cm³/mol. The van der Waals surface area contributed by atoms with E-state index in [0.717, 1.165) is 49.4 Å². The molecule has 3 aliphatic heterocycles. The summed E-state index contributed by atoms with van der Waals surface area (Å²) < 4.78 is 4.89. The van der Waals surface area contributed by atoms with E-state index in [1.54, 1.807) is 6.33 Å². The number of pyridine rings is 2. The molecule has 0 aliphatic carbocycles. The summed E-state index contributed by atoms with van der Waals surface area (Å²) in [6.45, 7) is 6.13. The van der Waals surface area contributed by atoms with E-state index in [-0.39, 0.29) is 0 Å².